The van der Waals surface area contributed by atoms with E-state index in [-0.39, 0.29) is 0 Å². The number of aromatic nitrogens is 1. The fourth-order valence-electron chi connectivity index (χ4n) is 3.14. The zero-order valence-electron chi connectivity index (χ0n) is 13.1. The lowest BCUT2D eigenvalue weighted by atomic mass is 10.1. The van der Waals surface area contributed by atoms with E-state index in [4.69, 9.17) is 9.84 Å². The van der Waals surface area contributed by atoms with Gasteiger partial charge in [-0.05, 0) is 37.1 Å². The molecule has 0 radical (unpaired) electrons. The van der Waals surface area contributed by atoms with Crippen LogP contribution in [0.25, 0.3) is 21.8 Å². The maximum atomic E-state index is 8.86. The number of benzene rings is 2. The lowest BCUT2D eigenvalue weighted by Crippen LogP contribution is -1.98. The van der Waals surface area contributed by atoms with E-state index in [0.29, 0.717) is 6.61 Å². The number of rotatable bonds is 7. The van der Waals surface area contributed by atoms with Crippen LogP contribution < -0.4 is 4.74 Å². The number of hydrogen-bond acceptors (Lipinski definition) is 2. The Morgan fingerprint density at radius 1 is 0.909 bits per heavy atom. The fraction of sp³-hybridized carbons (Fsp3) is 0.368. The first-order valence-corrected chi connectivity index (χ1v) is 8.01. The minimum Gasteiger partial charge on any atom is -0.497 e. The average Bonchev–Trinajstić information content (AvgIpc) is 2.88. The standard InChI is InChI=1S/C19H23NO2/c1-22-15-10-11-19-17(14-15)16-8-4-5-9-18(16)20(19)12-6-2-3-7-13-21/h4-5,8-11,14,21H,2-3,6-7,12-13H2,1H3. The van der Waals surface area contributed by atoms with Gasteiger partial charge >= 0.3 is 0 Å². The smallest absolute Gasteiger partial charge is 0.119 e. The van der Waals surface area contributed by atoms with Crippen molar-refractivity contribution in [2.45, 2.75) is 32.2 Å². The van der Waals surface area contributed by atoms with Crippen LogP contribution in [0.2, 0.25) is 0 Å². The van der Waals surface area contributed by atoms with Crippen LogP contribution in [0, 0.1) is 0 Å². The molecule has 1 N–H and O–H groups in total. The van der Waals surface area contributed by atoms with Crippen molar-refractivity contribution in [2.75, 3.05) is 13.7 Å². The maximum absolute atomic E-state index is 8.86. The van der Waals surface area contributed by atoms with Crippen LogP contribution in [0.1, 0.15) is 25.7 Å². The van der Waals surface area contributed by atoms with E-state index in [9.17, 15) is 0 Å². The predicted octanol–water partition coefficient (Wildman–Crippen LogP) is 4.36. The molecule has 116 valence electrons. The molecule has 0 saturated carbocycles. The molecule has 0 bridgehead atoms. The second-order valence-corrected chi connectivity index (χ2v) is 5.69. The summed E-state index contributed by atoms with van der Waals surface area (Å²) >= 11 is 0. The molecule has 0 atom stereocenters. The number of aliphatic hydroxyl groups excluding tert-OH is 1. The van der Waals surface area contributed by atoms with E-state index in [0.717, 1.165) is 38.0 Å². The number of ether oxygens (including phenoxy) is 1. The van der Waals surface area contributed by atoms with Crippen molar-refractivity contribution in [1.29, 1.82) is 0 Å². The SMILES string of the molecule is COc1ccc2c(c1)c1ccccc1n2CCCCCCO. The molecule has 0 spiro atoms. The molecular weight excluding hydrogens is 274 g/mol. The van der Waals surface area contributed by atoms with Crippen LogP contribution in [-0.4, -0.2) is 23.4 Å². The molecule has 22 heavy (non-hydrogen) atoms. The van der Waals surface area contributed by atoms with Gasteiger partial charge in [0, 0.05) is 35.0 Å². The zero-order chi connectivity index (χ0) is 15.4. The highest BCUT2D eigenvalue weighted by Crippen LogP contribution is 2.31. The van der Waals surface area contributed by atoms with E-state index in [1.165, 1.54) is 21.8 Å². The van der Waals surface area contributed by atoms with Gasteiger partial charge in [-0.3, -0.25) is 0 Å². The van der Waals surface area contributed by atoms with Gasteiger partial charge in [-0.25, -0.2) is 0 Å². The molecule has 3 nitrogen and oxygen atoms in total. The highest BCUT2D eigenvalue weighted by atomic mass is 16.5. The van der Waals surface area contributed by atoms with Crippen LogP contribution in [0.3, 0.4) is 0 Å². The van der Waals surface area contributed by atoms with Crippen molar-refractivity contribution in [3.05, 3.63) is 42.5 Å². The van der Waals surface area contributed by atoms with Gasteiger partial charge < -0.3 is 14.4 Å². The molecule has 0 saturated heterocycles. The van der Waals surface area contributed by atoms with Gasteiger partial charge in [-0.2, -0.15) is 0 Å². The van der Waals surface area contributed by atoms with Crippen molar-refractivity contribution in [3.8, 4) is 5.75 Å². The second kappa shape index (κ2) is 6.84. The number of fused-ring (bicyclic) bond motifs is 3. The van der Waals surface area contributed by atoms with Gasteiger partial charge in [0.25, 0.3) is 0 Å². The van der Waals surface area contributed by atoms with Crippen molar-refractivity contribution in [2.24, 2.45) is 0 Å². The Bertz CT molecular complexity index is 761. The van der Waals surface area contributed by atoms with Gasteiger partial charge in [-0.1, -0.05) is 31.0 Å². The van der Waals surface area contributed by atoms with Crippen LogP contribution in [-0.2, 0) is 6.54 Å². The van der Waals surface area contributed by atoms with Crippen molar-refractivity contribution < 1.29 is 9.84 Å². The molecule has 3 rings (SSSR count). The van der Waals surface area contributed by atoms with Crippen molar-refractivity contribution in [3.63, 3.8) is 0 Å². The summed E-state index contributed by atoms with van der Waals surface area (Å²) in [5.74, 6) is 0.901. The van der Waals surface area contributed by atoms with Crippen LogP contribution in [0.4, 0.5) is 0 Å². The number of nitrogens with zero attached hydrogens (tertiary/aromatic N) is 1. The van der Waals surface area contributed by atoms with Gasteiger partial charge in [0.15, 0.2) is 0 Å². The fourth-order valence-corrected chi connectivity index (χ4v) is 3.14. The lowest BCUT2D eigenvalue weighted by molar-refractivity contribution is 0.282. The van der Waals surface area contributed by atoms with Crippen LogP contribution >= 0.6 is 0 Å². The molecule has 0 aliphatic rings. The molecule has 1 heterocycles. The highest BCUT2D eigenvalue weighted by Gasteiger charge is 2.10. The van der Waals surface area contributed by atoms with E-state index in [1.54, 1.807) is 7.11 Å². The molecule has 1 aromatic heterocycles. The Kier molecular flexibility index (Phi) is 4.64. The third kappa shape index (κ3) is 2.81. The molecule has 0 aliphatic heterocycles. The first-order chi connectivity index (χ1) is 10.8. The average molecular weight is 297 g/mol. The molecule has 2 aromatic carbocycles. The molecule has 0 fully saturated rings. The van der Waals surface area contributed by atoms with Gasteiger partial charge in [-0.15, -0.1) is 0 Å². The molecule has 0 aliphatic carbocycles. The first kappa shape index (κ1) is 14.9. The second-order valence-electron chi connectivity index (χ2n) is 5.69. The number of methoxy groups -OCH3 is 1. The third-order valence-corrected chi connectivity index (χ3v) is 4.27. The summed E-state index contributed by atoms with van der Waals surface area (Å²) in [5, 5.41) is 11.4. The summed E-state index contributed by atoms with van der Waals surface area (Å²) in [4.78, 5) is 0. The molecule has 0 unspecified atom stereocenters. The Labute approximate surface area is 131 Å². The minimum absolute atomic E-state index is 0.301. The summed E-state index contributed by atoms with van der Waals surface area (Å²) in [6.45, 7) is 1.32. The summed E-state index contributed by atoms with van der Waals surface area (Å²) < 4.78 is 7.78. The van der Waals surface area contributed by atoms with E-state index in [2.05, 4.69) is 41.0 Å². The lowest BCUT2D eigenvalue weighted by Gasteiger charge is -2.07. The topological polar surface area (TPSA) is 34.4 Å². The zero-order valence-corrected chi connectivity index (χ0v) is 13.1. The predicted molar refractivity (Wildman–Crippen MR) is 91.5 cm³/mol. The summed E-state index contributed by atoms with van der Waals surface area (Å²) in [6, 6.07) is 14.9. The normalized spacial score (nSPS) is 11.4. The Balaban J connectivity index is 1.96. The van der Waals surface area contributed by atoms with Crippen LogP contribution in [0.5, 0.6) is 5.75 Å². The summed E-state index contributed by atoms with van der Waals surface area (Å²) in [6.07, 6.45) is 4.30. The number of unbranched alkanes of at least 4 members (excludes halogenated alkanes) is 3. The highest BCUT2D eigenvalue weighted by molar-refractivity contribution is 6.08. The van der Waals surface area contributed by atoms with Gasteiger partial charge in [0.2, 0.25) is 0 Å². The quantitative estimate of drug-likeness (QED) is 0.658. The number of para-hydroxylation sites is 1. The number of aryl methyl sites for hydroxylation is 1. The van der Waals surface area contributed by atoms with Gasteiger partial charge in [0.1, 0.15) is 5.75 Å². The minimum atomic E-state index is 0.301. The maximum Gasteiger partial charge on any atom is 0.119 e. The Hall–Kier alpha value is -2.00. The summed E-state index contributed by atoms with van der Waals surface area (Å²) in [7, 11) is 1.71. The van der Waals surface area contributed by atoms with E-state index >= 15 is 0 Å². The van der Waals surface area contributed by atoms with Crippen molar-refractivity contribution >= 4 is 21.8 Å². The number of hydrogen-bond donors (Lipinski definition) is 1. The molecular formula is C19H23NO2. The first-order valence-electron chi connectivity index (χ1n) is 8.01. The van der Waals surface area contributed by atoms with E-state index in [1.807, 2.05) is 6.07 Å². The Morgan fingerprint density at radius 2 is 1.68 bits per heavy atom. The van der Waals surface area contributed by atoms with E-state index < -0.39 is 0 Å². The number of aliphatic hydroxyl groups is 1. The largest absolute Gasteiger partial charge is 0.497 e. The Morgan fingerprint density at radius 3 is 2.50 bits per heavy atom. The molecule has 3 aromatic rings. The monoisotopic (exact) mass is 297 g/mol. The summed E-state index contributed by atoms with van der Waals surface area (Å²) in [5.41, 5.74) is 2.55. The van der Waals surface area contributed by atoms with Crippen LogP contribution in [0.15, 0.2) is 42.5 Å². The molecule has 3 heteroatoms. The third-order valence-electron chi connectivity index (χ3n) is 4.27. The molecule has 0 amide bonds. The van der Waals surface area contributed by atoms with Crippen molar-refractivity contribution in [1.82, 2.24) is 4.57 Å². The van der Waals surface area contributed by atoms with Gasteiger partial charge in [0.05, 0.1) is 7.11 Å².